The number of hydrogen-bond acceptors (Lipinski definition) is 4. The van der Waals surface area contributed by atoms with E-state index in [9.17, 15) is 19.1 Å². The van der Waals surface area contributed by atoms with Gasteiger partial charge in [0.1, 0.15) is 11.4 Å². The number of nitrogens with zero attached hydrogens (tertiary/aromatic N) is 1. The van der Waals surface area contributed by atoms with Gasteiger partial charge in [0, 0.05) is 39.6 Å². The minimum atomic E-state index is -0.853. The molecule has 184 valence electrons. The Morgan fingerprint density at radius 2 is 1.86 bits per heavy atom. The van der Waals surface area contributed by atoms with Gasteiger partial charge in [-0.25, -0.2) is 4.39 Å². The van der Waals surface area contributed by atoms with Gasteiger partial charge in [0.2, 0.25) is 5.78 Å². The number of hydrogen-bond donors (Lipinski definition) is 2. The molecular formula is C29H20ClFN2O4. The Morgan fingerprint density at radius 1 is 1.08 bits per heavy atom. The lowest BCUT2D eigenvalue weighted by Crippen LogP contribution is -2.33. The highest BCUT2D eigenvalue weighted by Gasteiger charge is 2.45. The number of aromatic amines is 1. The highest BCUT2D eigenvalue weighted by atomic mass is 35.5. The highest BCUT2D eigenvalue weighted by molar-refractivity contribution is 6.31. The molecule has 0 saturated carbocycles. The number of H-pyrrole nitrogens is 1. The third kappa shape index (κ3) is 3.97. The zero-order chi connectivity index (χ0) is 25.7. The lowest BCUT2D eigenvalue weighted by Gasteiger charge is -2.26. The molecule has 2 N–H and O–H groups in total. The van der Waals surface area contributed by atoms with E-state index in [-0.39, 0.29) is 23.7 Å². The first-order valence-electron chi connectivity index (χ1n) is 11.7. The maximum absolute atomic E-state index is 13.8. The van der Waals surface area contributed by atoms with Crippen LogP contribution in [0.1, 0.15) is 27.7 Å². The number of carbonyl (C=O) groups excluding carboxylic acids is 2. The van der Waals surface area contributed by atoms with Crippen molar-refractivity contribution in [2.45, 2.75) is 12.5 Å². The smallest absolute Gasteiger partial charge is 0.290 e. The summed E-state index contributed by atoms with van der Waals surface area (Å²) < 4.78 is 19.2. The lowest BCUT2D eigenvalue weighted by molar-refractivity contribution is -0.129. The zero-order valence-electron chi connectivity index (χ0n) is 19.4. The molecule has 37 heavy (non-hydrogen) atoms. The van der Waals surface area contributed by atoms with Gasteiger partial charge in [0.15, 0.2) is 11.5 Å². The fourth-order valence-electron chi connectivity index (χ4n) is 4.92. The number of aromatic nitrogens is 1. The molecule has 8 heteroatoms. The van der Waals surface area contributed by atoms with Crippen molar-refractivity contribution in [3.05, 3.63) is 118 Å². The van der Waals surface area contributed by atoms with E-state index in [4.69, 9.17) is 16.0 Å². The number of amides is 1. The molecule has 0 aliphatic carbocycles. The van der Waals surface area contributed by atoms with Gasteiger partial charge in [-0.15, -0.1) is 0 Å². The molecule has 0 radical (unpaired) electrons. The third-order valence-electron chi connectivity index (χ3n) is 6.72. The normalized spacial score (nSPS) is 15.9. The summed E-state index contributed by atoms with van der Waals surface area (Å²) in [5, 5.41) is 13.0. The molecule has 1 unspecified atom stereocenters. The number of rotatable bonds is 6. The molecule has 3 aromatic carbocycles. The van der Waals surface area contributed by atoms with Crippen molar-refractivity contribution < 1.29 is 23.5 Å². The third-order valence-corrected chi connectivity index (χ3v) is 6.96. The Kier molecular flexibility index (Phi) is 5.57. The Hall–Kier alpha value is -4.36. The van der Waals surface area contributed by atoms with Crippen LogP contribution < -0.4 is 0 Å². The standard InChI is InChI=1S/C29H20ClFN2O4/c30-18-7-10-23-17(13-18)14-24(37-23)27(34)25-26(21-15-32-22-4-2-1-3-20(21)22)33(29(36)28(25)35)12-11-16-5-8-19(31)9-6-16/h1-10,13-15,26,32,35H,11-12H2. The summed E-state index contributed by atoms with van der Waals surface area (Å²) in [6.45, 7) is 0.200. The summed E-state index contributed by atoms with van der Waals surface area (Å²) in [6.07, 6.45) is 2.15. The SMILES string of the molecule is O=C(C1=C(O)C(=O)N(CCc2ccc(F)cc2)C1c1c[nH]c2ccccc12)c1cc2cc(Cl)ccc2o1. The molecule has 1 aliphatic rings. The van der Waals surface area contributed by atoms with E-state index in [2.05, 4.69) is 4.98 Å². The van der Waals surface area contributed by atoms with E-state index in [0.29, 0.717) is 28.0 Å². The summed E-state index contributed by atoms with van der Waals surface area (Å²) in [5.74, 6) is -2.20. The molecule has 1 amide bonds. The van der Waals surface area contributed by atoms with Crippen LogP contribution in [0.2, 0.25) is 5.02 Å². The van der Waals surface area contributed by atoms with Crippen molar-refractivity contribution in [3.63, 3.8) is 0 Å². The van der Waals surface area contributed by atoms with E-state index in [1.54, 1.807) is 42.6 Å². The largest absolute Gasteiger partial charge is 0.503 e. The number of aliphatic hydroxyl groups excluding tert-OH is 1. The van der Waals surface area contributed by atoms with Crippen molar-refractivity contribution >= 4 is 45.2 Å². The number of aliphatic hydroxyl groups is 1. The second kappa shape index (κ2) is 8.94. The van der Waals surface area contributed by atoms with Crippen molar-refractivity contribution in [3.8, 4) is 0 Å². The van der Waals surface area contributed by atoms with E-state index in [1.165, 1.54) is 17.0 Å². The van der Waals surface area contributed by atoms with Gasteiger partial charge in [-0.3, -0.25) is 9.59 Å². The van der Waals surface area contributed by atoms with E-state index >= 15 is 0 Å². The van der Waals surface area contributed by atoms with E-state index in [0.717, 1.165) is 16.5 Å². The molecule has 0 spiro atoms. The molecular weight excluding hydrogens is 495 g/mol. The zero-order valence-corrected chi connectivity index (χ0v) is 20.1. The molecule has 0 saturated heterocycles. The van der Waals surface area contributed by atoms with Crippen molar-refractivity contribution in [1.82, 2.24) is 9.88 Å². The first-order chi connectivity index (χ1) is 17.9. The predicted octanol–water partition coefficient (Wildman–Crippen LogP) is 6.53. The van der Waals surface area contributed by atoms with Gasteiger partial charge in [0.25, 0.3) is 5.91 Å². The molecule has 0 bridgehead atoms. The molecule has 6 nitrogen and oxygen atoms in total. The van der Waals surface area contributed by atoms with Gasteiger partial charge in [-0.2, -0.15) is 0 Å². The van der Waals surface area contributed by atoms with E-state index < -0.39 is 23.5 Å². The van der Waals surface area contributed by atoms with Crippen molar-refractivity contribution in [2.24, 2.45) is 0 Å². The van der Waals surface area contributed by atoms with Crippen LogP contribution >= 0.6 is 11.6 Å². The van der Waals surface area contributed by atoms with Crippen LogP contribution in [-0.4, -0.2) is 33.2 Å². The number of furan rings is 1. The number of Topliss-reactive ketones (excluding diaryl/α,β-unsaturated/α-hetero) is 1. The summed E-state index contributed by atoms with van der Waals surface area (Å²) >= 11 is 6.08. The second-order valence-electron chi connectivity index (χ2n) is 8.95. The van der Waals surface area contributed by atoms with Crippen LogP contribution in [0.5, 0.6) is 0 Å². The van der Waals surface area contributed by atoms with Crippen LogP contribution in [0.3, 0.4) is 0 Å². The van der Waals surface area contributed by atoms with Gasteiger partial charge >= 0.3 is 0 Å². The summed E-state index contributed by atoms with van der Waals surface area (Å²) in [7, 11) is 0. The average Bonchev–Trinajstić information content (AvgIpc) is 3.58. The number of ketones is 1. The minimum absolute atomic E-state index is 0.00292. The fraction of sp³-hybridized carbons (Fsp3) is 0.103. The molecule has 6 rings (SSSR count). The fourth-order valence-corrected chi connectivity index (χ4v) is 5.10. The number of nitrogens with one attached hydrogen (secondary N) is 1. The van der Waals surface area contributed by atoms with Gasteiger partial charge in [-0.05, 0) is 54.4 Å². The Labute approximate surface area is 215 Å². The highest BCUT2D eigenvalue weighted by Crippen LogP contribution is 2.42. The Balaban J connectivity index is 1.43. The number of halogens is 2. The van der Waals surface area contributed by atoms with E-state index in [1.807, 2.05) is 24.3 Å². The van der Waals surface area contributed by atoms with Gasteiger partial charge < -0.3 is 19.4 Å². The summed E-state index contributed by atoms with van der Waals surface area (Å²) in [6, 6.07) is 19.3. The maximum Gasteiger partial charge on any atom is 0.290 e. The van der Waals surface area contributed by atoms with Crippen LogP contribution in [-0.2, 0) is 11.2 Å². The van der Waals surface area contributed by atoms with Gasteiger partial charge in [0.05, 0.1) is 11.6 Å². The van der Waals surface area contributed by atoms with Crippen LogP contribution in [0.25, 0.3) is 21.9 Å². The van der Waals surface area contributed by atoms with Crippen LogP contribution in [0, 0.1) is 5.82 Å². The minimum Gasteiger partial charge on any atom is -0.503 e. The Morgan fingerprint density at radius 3 is 2.68 bits per heavy atom. The topological polar surface area (TPSA) is 86.5 Å². The molecule has 3 heterocycles. The lowest BCUT2D eigenvalue weighted by atomic mass is 9.94. The quantitative estimate of drug-likeness (QED) is 0.252. The Bertz CT molecular complexity index is 1720. The molecule has 5 aromatic rings. The second-order valence-corrected chi connectivity index (χ2v) is 9.39. The maximum atomic E-state index is 13.8. The summed E-state index contributed by atoms with van der Waals surface area (Å²) in [4.78, 5) is 31.8. The molecule has 0 fully saturated rings. The average molecular weight is 515 g/mol. The van der Waals surface area contributed by atoms with Crippen molar-refractivity contribution in [2.75, 3.05) is 6.54 Å². The van der Waals surface area contributed by atoms with Crippen molar-refractivity contribution in [1.29, 1.82) is 0 Å². The van der Waals surface area contributed by atoms with Crippen LogP contribution in [0.15, 0.2) is 94.7 Å². The molecule has 1 atom stereocenters. The number of fused-ring (bicyclic) bond motifs is 2. The number of carbonyl (C=O) groups is 2. The summed E-state index contributed by atoms with van der Waals surface area (Å²) in [5.41, 5.74) is 2.74. The van der Waals surface area contributed by atoms with Crippen LogP contribution in [0.4, 0.5) is 4.39 Å². The molecule has 1 aliphatic heterocycles. The monoisotopic (exact) mass is 514 g/mol. The first-order valence-corrected chi connectivity index (χ1v) is 12.1. The van der Waals surface area contributed by atoms with Gasteiger partial charge in [-0.1, -0.05) is 41.9 Å². The number of para-hydroxylation sites is 1. The first kappa shape index (κ1) is 23.1. The number of benzene rings is 3. The predicted molar refractivity (Wildman–Crippen MR) is 138 cm³/mol. The molecule has 2 aromatic heterocycles.